The molecule has 3 atom stereocenters. The maximum absolute atomic E-state index is 13.4. The minimum absolute atomic E-state index is 0.328. The van der Waals surface area contributed by atoms with Crippen molar-refractivity contribution in [2.75, 3.05) is 33.7 Å². The average Bonchev–Trinajstić information content (AvgIpc) is 2.79. The Morgan fingerprint density at radius 1 is 1.11 bits per heavy atom. The van der Waals surface area contributed by atoms with Crippen molar-refractivity contribution < 1.29 is 53.0 Å². The van der Waals surface area contributed by atoms with E-state index in [0.29, 0.717) is 26.1 Å². The molecule has 0 unspecified atom stereocenters. The van der Waals surface area contributed by atoms with Crippen LogP contribution in [0.15, 0.2) is 42.2 Å². The average molecular weight is 533 g/mol. The Morgan fingerprint density at radius 3 is 2.14 bits per heavy atom. The number of carboxylic acids is 2. The molecular weight excluding hydrogens is 501 g/mol. The molecule has 0 aromatic heterocycles. The van der Waals surface area contributed by atoms with E-state index in [0.717, 1.165) is 5.56 Å². The van der Waals surface area contributed by atoms with Crippen LogP contribution in [0.25, 0.3) is 0 Å². The van der Waals surface area contributed by atoms with Crippen molar-refractivity contribution in [3.8, 4) is 0 Å². The maximum Gasteiger partial charge on any atom is 0.430 e. The third kappa shape index (κ3) is 10.9. The van der Waals surface area contributed by atoms with Gasteiger partial charge in [0, 0.05) is 32.6 Å². The number of carboxylic acid groups (broad SMARTS) is 2. The molecule has 2 rings (SSSR count). The smallest absolute Gasteiger partial charge is 0.430 e. The number of likely N-dealkylation sites (N-methyl/N-ethyl adjacent to an activating group) is 1. The number of halogens is 3. The Kier molecular flexibility index (Phi) is 12.0. The van der Waals surface area contributed by atoms with Crippen molar-refractivity contribution in [3.05, 3.63) is 47.7 Å². The zero-order chi connectivity index (χ0) is 28.3. The van der Waals surface area contributed by atoms with Gasteiger partial charge in [0.15, 0.2) is 0 Å². The lowest BCUT2D eigenvalue weighted by Crippen LogP contribution is -2.74. The van der Waals surface area contributed by atoms with Crippen LogP contribution in [0.2, 0.25) is 0 Å². The van der Waals surface area contributed by atoms with Crippen LogP contribution in [0.5, 0.6) is 0 Å². The largest absolute Gasteiger partial charge is 0.542 e. The zero-order valence-electron chi connectivity index (χ0n) is 20.7. The van der Waals surface area contributed by atoms with Gasteiger partial charge in [-0.15, -0.1) is 0 Å². The molecule has 0 radical (unpaired) electrons. The van der Waals surface area contributed by atoms with E-state index in [1.54, 1.807) is 4.90 Å². The summed E-state index contributed by atoms with van der Waals surface area (Å²) in [5.74, 6) is -5.32. The molecular formula is C23H31F3N4O7. The summed E-state index contributed by atoms with van der Waals surface area (Å²) in [5.41, 5.74) is 5.00. The van der Waals surface area contributed by atoms with Crippen molar-refractivity contribution in [3.63, 3.8) is 0 Å². The van der Waals surface area contributed by atoms with E-state index in [1.807, 2.05) is 49.3 Å². The number of hydrogen-bond acceptors (Lipinski definition) is 7. The fraction of sp³-hybridized carbons (Fsp3) is 0.478. The molecule has 1 heterocycles. The summed E-state index contributed by atoms with van der Waals surface area (Å²) in [6, 6.07) is 8.42. The number of quaternary nitrogens is 1. The summed E-state index contributed by atoms with van der Waals surface area (Å²) in [7, 11) is 3.82. The number of benzene rings is 1. The molecule has 1 aromatic carbocycles. The predicted molar refractivity (Wildman–Crippen MR) is 121 cm³/mol. The number of alkyl halides is 3. The number of aliphatic carboxylic acids is 2. The maximum atomic E-state index is 13.4. The monoisotopic (exact) mass is 532 g/mol. The lowest BCUT2D eigenvalue weighted by molar-refractivity contribution is -0.414. The molecule has 2 amide bonds. The number of amides is 2. The molecule has 5 N–H and O–H groups in total. The van der Waals surface area contributed by atoms with E-state index in [-0.39, 0.29) is 17.6 Å². The van der Waals surface area contributed by atoms with Crippen molar-refractivity contribution in [2.24, 2.45) is 0 Å². The summed E-state index contributed by atoms with van der Waals surface area (Å²) in [4.78, 5) is 48.9. The van der Waals surface area contributed by atoms with Gasteiger partial charge in [-0.3, -0.25) is 9.59 Å². The third-order valence-electron chi connectivity index (χ3n) is 5.10. The molecule has 0 spiro atoms. The Labute approximate surface area is 211 Å². The van der Waals surface area contributed by atoms with Crippen molar-refractivity contribution >= 4 is 23.8 Å². The molecule has 14 heteroatoms. The molecule has 37 heavy (non-hydrogen) atoms. The fourth-order valence-corrected chi connectivity index (χ4v) is 3.26. The number of carbonyl (C=O) groups is 4. The minimum atomic E-state index is -5.19. The number of carbonyl (C=O) groups excluding carboxylic acids is 3. The van der Waals surface area contributed by atoms with Gasteiger partial charge in [0.25, 0.3) is 5.91 Å². The Bertz CT molecular complexity index is 971. The molecule has 1 aliphatic heterocycles. The highest BCUT2D eigenvalue weighted by Crippen LogP contribution is 2.19. The normalized spacial score (nSPS) is 19.0. The van der Waals surface area contributed by atoms with Crippen LogP contribution in [-0.4, -0.2) is 96.8 Å². The molecule has 0 fully saturated rings. The van der Waals surface area contributed by atoms with Gasteiger partial charge in [-0.2, -0.15) is 13.2 Å². The molecule has 0 saturated carbocycles. The minimum Gasteiger partial charge on any atom is -0.542 e. The molecule has 206 valence electrons. The van der Waals surface area contributed by atoms with Crippen LogP contribution < -0.4 is 16.2 Å². The fourth-order valence-electron chi connectivity index (χ4n) is 3.26. The summed E-state index contributed by atoms with van der Waals surface area (Å²) >= 11 is 0. The van der Waals surface area contributed by atoms with Crippen molar-refractivity contribution in [1.82, 2.24) is 15.1 Å². The first kappa shape index (κ1) is 31.4. The molecule has 11 nitrogen and oxygen atoms in total. The van der Waals surface area contributed by atoms with E-state index in [2.05, 4.69) is 11.1 Å². The van der Waals surface area contributed by atoms with Gasteiger partial charge in [0.05, 0.1) is 0 Å². The molecule has 0 saturated heterocycles. The van der Waals surface area contributed by atoms with E-state index < -0.39 is 36.3 Å². The first-order valence-electron chi connectivity index (χ1n) is 11.1. The van der Waals surface area contributed by atoms with Gasteiger partial charge in [-0.25, -0.2) is 4.79 Å². The quantitative estimate of drug-likeness (QED) is 0.342. The van der Waals surface area contributed by atoms with Crippen LogP contribution >= 0.6 is 0 Å². The van der Waals surface area contributed by atoms with Gasteiger partial charge in [-0.1, -0.05) is 30.3 Å². The Balaban J connectivity index is 0.000000856. The molecule has 0 aliphatic carbocycles. The molecule has 1 aromatic rings. The van der Waals surface area contributed by atoms with Gasteiger partial charge in [0.2, 0.25) is 17.8 Å². The molecule has 0 bridgehead atoms. The second kappa shape index (κ2) is 14.2. The lowest BCUT2D eigenvalue weighted by Gasteiger charge is -2.36. The standard InChI is InChI=1S/C21H30N4O5.C2HF3O2/c1-14(26)23-18-16(22)13-17(21(28)29)30-19(18)20(27)25(12-11-24(2)3)10-9-15-7-5-4-6-8-15;3-2(4,5)1(6)7/h4-8,13,16,18-19H,9-12,22H2,1-3H3,(H,23,26)(H,28,29);(H,6,7)/t16-,18+,19+;/m0./s1. The number of hydrogen-bond donors (Lipinski definition) is 3. The first-order valence-corrected chi connectivity index (χ1v) is 11.1. The summed E-state index contributed by atoms with van der Waals surface area (Å²) in [5, 5.41) is 20.8. The van der Waals surface area contributed by atoms with Gasteiger partial charge < -0.3 is 40.6 Å². The van der Waals surface area contributed by atoms with Crippen molar-refractivity contribution in [2.45, 2.75) is 37.7 Å². The summed E-state index contributed by atoms with van der Waals surface area (Å²) in [6.45, 7) is 2.86. The summed E-state index contributed by atoms with van der Waals surface area (Å²) < 4.78 is 37.1. The summed E-state index contributed by atoms with van der Waals surface area (Å²) in [6.07, 6.45) is -4.39. The highest BCUT2D eigenvalue weighted by molar-refractivity contribution is 5.88. The van der Waals surface area contributed by atoms with Gasteiger partial charge in [0.1, 0.15) is 18.1 Å². The highest BCUT2D eigenvalue weighted by atomic mass is 19.4. The van der Waals surface area contributed by atoms with Crippen LogP contribution in [-0.2, 0) is 30.3 Å². The van der Waals surface area contributed by atoms with Crippen LogP contribution in [0.1, 0.15) is 12.5 Å². The van der Waals surface area contributed by atoms with Gasteiger partial charge in [-0.05, 0) is 26.1 Å². The molecule has 1 aliphatic rings. The number of nitrogens with one attached hydrogen (secondary N) is 1. The number of ether oxygens (including phenoxy) is 1. The van der Waals surface area contributed by atoms with Crippen LogP contribution in [0, 0.1) is 0 Å². The van der Waals surface area contributed by atoms with Crippen LogP contribution in [0.4, 0.5) is 13.2 Å². The van der Waals surface area contributed by atoms with E-state index in [9.17, 15) is 32.7 Å². The van der Waals surface area contributed by atoms with E-state index >= 15 is 0 Å². The zero-order valence-corrected chi connectivity index (χ0v) is 20.7. The number of rotatable bonds is 9. The Morgan fingerprint density at radius 2 is 1.68 bits per heavy atom. The van der Waals surface area contributed by atoms with Gasteiger partial charge >= 0.3 is 12.1 Å². The van der Waals surface area contributed by atoms with E-state index in [1.165, 1.54) is 13.0 Å². The second-order valence-corrected chi connectivity index (χ2v) is 8.41. The number of nitrogens with zero attached hydrogens (tertiary/aromatic N) is 2. The third-order valence-corrected chi connectivity index (χ3v) is 5.10. The second-order valence-electron chi connectivity index (χ2n) is 8.41. The van der Waals surface area contributed by atoms with Crippen LogP contribution in [0.3, 0.4) is 0 Å². The Hall–Kier alpha value is -3.65. The van der Waals surface area contributed by atoms with Crippen molar-refractivity contribution in [1.29, 1.82) is 0 Å². The highest BCUT2D eigenvalue weighted by Gasteiger charge is 2.43. The first-order chi connectivity index (χ1) is 17.1. The predicted octanol–water partition coefficient (Wildman–Crippen LogP) is -1.60. The SMILES string of the molecule is CC(=O)N[C@@H]1[C@@H]([NH3+])C=C(C(=O)O)O[C@H]1C(=O)N(CCc1ccccc1)CCN(C)C.O=C([O-])C(F)(F)F. The lowest BCUT2D eigenvalue weighted by atomic mass is 9.97. The van der Waals surface area contributed by atoms with E-state index in [4.69, 9.17) is 14.6 Å². The topological polar surface area (TPSA) is 167 Å².